The maximum Gasteiger partial charge on any atom is 0.306 e. The Morgan fingerprint density at radius 1 is 1.39 bits per heavy atom. The smallest absolute Gasteiger partial charge is 0.306 e. The standard InChI is InChI=1S/C15H22O3/c1-4-17-11-5-6-15(2,3)13-10(11)7-9-8-12(16)18-14(9)13/h9,11,14H,4-8H2,1-3H3. The van der Waals surface area contributed by atoms with Crippen LogP contribution in [0.3, 0.4) is 0 Å². The molecule has 0 amide bonds. The molecule has 3 unspecified atom stereocenters. The summed E-state index contributed by atoms with van der Waals surface area (Å²) in [5.74, 6) is 0.355. The lowest BCUT2D eigenvalue weighted by Gasteiger charge is -2.38. The molecule has 0 aromatic rings. The molecule has 3 atom stereocenters. The van der Waals surface area contributed by atoms with Gasteiger partial charge in [-0.1, -0.05) is 13.8 Å². The highest BCUT2D eigenvalue weighted by Gasteiger charge is 2.51. The second-order valence-electron chi connectivity index (χ2n) is 6.38. The molecule has 1 fully saturated rings. The van der Waals surface area contributed by atoms with Crippen molar-refractivity contribution in [3.05, 3.63) is 11.1 Å². The summed E-state index contributed by atoms with van der Waals surface area (Å²) >= 11 is 0. The number of carbonyl (C=O) groups is 1. The predicted octanol–water partition coefficient (Wildman–Crippen LogP) is 2.84. The van der Waals surface area contributed by atoms with Crippen LogP contribution in [0.2, 0.25) is 0 Å². The lowest BCUT2D eigenvalue weighted by atomic mass is 9.71. The topological polar surface area (TPSA) is 35.5 Å². The average Bonchev–Trinajstić information content (AvgIpc) is 2.78. The van der Waals surface area contributed by atoms with Crippen LogP contribution in [-0.4, -0.2) is 24.8 Å². The number of hydrogen-bond donors (Lipinski definition) is 0. The van der Waals surface area contributed by atoms with E-state index in [0.717, 1.165) is 25.9 Å². The summed E-state index contributed by atoms with van der Waals surface area (Å²) in [5.41, 5.74) is 2.98. The lowest BCUT2D eigenvalue weighted by Crippen LogP contribution is -2.33. The molecule has 0 bridgehead atoms. The Balaban J connectivity index is 1.96. The number of carbonyl (C=O) groups excluding carboxylic acids is 1. The van der Waals surface area contributed by atoms with E-state index in [4.69, 9.17) is 9.47 Å². The summed E-state index contributed by atoms with van der Waals surface area (Å²) in [5, 5.41) is 0. The van der Waals surface area contributed by atoms with Crippen molar-refractivity contribution in [2.75, 3.05) is 6.61 Å². The van der Waals surface area contributed by atoms with Crippen LogP contribution in [-0.2, 0) is 14.3 Å². The van der Waals surface area contributed by atoms with Crippen LogP contribution in [0.1, 0.15) is 46.5 Å². The SMILES string of the molecule is CCOC1CCC(C)(C)C2=C1CC1CC(=O)OC21. The van der Waals surface area contributed by atoms with E-state index in [2.05, 4.69) is 20.8 Å². The first-order valence-electron chi connectivity index (χ1n) is 7.07. The summed E-state index contributed by atoms with van der Waals surface area (Å²) in [4.78, 5) is 11.5. The Bertz CT molecular complexity index is 408. The van der Waals surface area contributed by atoms with Gasteiger partial charge in [0.15, 0.2) is 0 Å². The highest BCUT2D eigenvalue weighted by molar-refractivity contribution is 5.73. The van der Waals surface area contributed by atoms with Gasteiger partial charge in [0.05, 0.1) is 12.5 Å². The van der Waals surface area contributed by atoms with E-state index in [1.165, 1.54) is 11.1 Å². The van der Waals surface area contributed by atoms with Crippen molar-refractivity contribution >= 4 is 5.97 Å². The summed E-state index contributed by atoms with van der Waals surface area (Å²) in [6, 6.07) is 0. The molecule has 3 rings (SSSR count). The fraction of sp³-hybridized carbons (Fsp3) is 0.800. The minimum absolute atomic E-state index is 0.0223. The Kier molecular flexibility index (Phi) is 2.77. The maximum atomic E-state index is 11.5. The minimum atomic E-state index is -0.0223. The third-order valence-electron chi connectivity index (χ3n) is 4.75. The van der Waals surface area contributed by atoms with Crippen molar-refractivity contribution in [2.45, 2.75) is 58.7 Å². The Hall–Kier alpha value is -0.830. The second-order valence-corrected chi connectivity index (χ2v) is 6.38. The van der Waals surface area contributed by atoms with E-state index in [9.17, 15) is 4.79 Å². The molecular weight excluding hydrogens is 228 g/mol. The zero-order valence-corrected chi connectivity index (χ0v) is 11.5. The van der Waals surface area contributed by atoms with Crippen LogP contribution in [0.25, 0.3) is 0 Å². The Morgan fingerprint density at radius 3 is 2.89 bits per heavy atom. The minimum Gasteiger partial charge on any atom is -0.457 e. The number of fused-ring (bicyclic) bond motifs is 2. The molecule has 1 heterocycles. The van der Waals surface area contributed by atoms with E-state index >= 15 is 0 Å². The van der Waals surface area contributed by atoms with Gasteiger partial charge in [0.1, 0.15) is 6.10 Å². The van der Waals surface area contributed by atoms with Gasteiger partial charge in [-0.2, -0.15) is 0 Å². The quantitative estimate of drug-likeness (QED) is 0.558. The molecule has 0 spiro atoms. The normalized spacial score (nSPS) is 37.5. The fourth-order valence-electron chi connectivity index (χ4n) is 3.97. The fourth-order valence-corrected chi connectivity index (χ4v) is 3.97. The molecule has 1 aliphatic heterocycles. The maximum absolute atomic E-state index is 11.5. The Morgan fingerprint density at radius 2 is 2.17 bits per heavy atom. The molecule has 0 aromatic heterocycles. The van der Waals surface area contributed by atoms with Crippen molar-refractivity contribution in [1.82, 2.24) is 0 Å². The van der Waals surface area contributed by atoms with E-state index in [1.807, 2.05) is 0 Å². The summed E-state index contributed by atoms with van der Waals surface area (Å²) in [6.07, 6.45) is 4.13. The van der Waals surface area contributed by atoms with Crippen LogP contribution in [0.5, 0.6) is 0 Å². The van der Waals surface area contributed by atoms with Crippen LogP contribution in [0.15, 0.2) is 11.1 Å². The summed E-state index contributed by atoms with van der Waals surface area (Å²) in [6.45, 7) is 7.37. The molecule has 100 valence electrons. The molecule has 2 aliphatic carbocycles. The first-order valence-corrected chi connectivity index (χ1v) is 7.07. The number of esters is 1. The lowest BCUT2D eigenvalue weighted by molar-refractivity contribution is -0.140. The summed E-state index contributed by atoms with van der Waals surface area (Å²) in [7, 11) is 0. The molecular formula is C15H22O3. The van der Waals surface area contributed by atoms with Crippen LogP contribution < -0.4 is 0 Å². The molecule has 0 N–H and O–H groups in total. The van der Waals surface area contributed by atoms with Gasteiger partial charge in [-0.05, 0) is 42.7 Å². The van der Waals surface area contributed by atoms with E-state index < -0.39 is 0 Å². The van der Waals surface area contributed by atoms with Crippen LogP contribution >= 0.6 is 0 Å². The van der Waals surface area contributed by atoms with Gasteiger partial charge in [0, 0.05) is 12.5 Å². The zero-order valence-electron chi connectivity index (χ0n) is 11.5. The largest absolute Gasteiger partial charge is 0.457 e. The molecule has 3 heteroatoms. The first-order chi connectivity index (χ1) is 8.53. The number of ether oxygens (including phenoxy) is 2. The predicted molar refractivity (Wildman–Crippen MR) is 68.1 cm³/mol. The van der Waals surface area contributed by atoms with E-state index in [-0.39, 0.29) is 23.6 Å². The zero-order chi connectivity index (χ0) is 12.9. The van der Waals surface area contributed by atoms with Gasteiger partial charge in [-0.15, -0.1) is 0 Å². The van der Waals surface area contributed by atoms with Gasteiger partial charge in [-0.25, -0.2) is 0 Å². The highest BCUT2D eigenvalue weighted by atomic mass is 16.6. The second kappa shape index (κ2) is 4.09. The van der Waals surface area contributed by atoms with Crippen molar-refractivity contribution in [3.63, 3.8) is 0 Å². The highest BCUT2D eigenvalue weighted by Crippen LogP contribution is 2.54. The number of rotatable bonds is 2. The van der Waals surface area contributed by atoms with Gasteiger partial charge in [0.2, 0.25) is 0 Å². The molecule has 0 radical (unpaired) electrons. The molecule has 18 heavy (non-hydrogen) atoms. The monoisotopic (exact) mass is 250 g/mol. The molecule has 1 saturated heterocycles. The summed E-state index contributed by atoms with van der Waals surface area (Å²) < 4.78 is 11.4. The molecule has 3 nitrogen and oxygen atoms in total. The van der Waals surface area contributed by atoms with Crippen molar-refractivity contribution in [1.29, 1.82) is 0 Å². The van der Waals surface area contributed by atoms with Crippen molar-refractivity contribution < 1.29 is 14.3 Å². The molecule has 0 aromatic carbocycles. The van der Waals surface area contributed by atoms with Crippen LogP contribution in [0.4, 0.5) is 0 Å². The van der Waals surface area contributed by atoms with Gasteiger partial charge in [-0.3, -0.25) is 4.79 Å². The van der Waals surface area contributed by atoms with Gasteiger partial charge < -0.3 is 9.47 Å². The van der Waals surface area contributed by atoms with E-state index in [1.54, 1.807) is 0 Å². The van der Waals surface area contributed by atoms with Crippen molar-refractivity contribution in [3.8, 4) is 0 Å². The van der Waals surface area contributed by atoms with E-state index in [0.29, 0.717) is 12.3 Å². The first kappa shape index (κ1) is 12.2. The van der Waals surface area contributed by atoms with Gasteiger partial charge in [0.25, 0.3) is 0 Å². The average molecular weight is 250 g/mol. The third kappa shape index (κ3) is 1.71. The van der Waals surface area contributed by atoms with Crippen LogP contribution in [0, 0.1) is 11.3 Å². The molecule has 0 saturated carbocycles. The van der Waals surface area contributed by atoms with Gasteiger partial charge >= 0.3 is 5.97 Å². The third-order valence-corrected chi connectivity index (χ3v) is 4.75. The van der Waals surface area contributed by atoms with Crippen molar-refractivity contribution in [2.24, 2.45) is 11.3 Å². The molecule has 3 aliphatic rings. The Labute approximate surface area is 109 Å². The number of hydrogen-bond acceptors (Lipinski definition) is 3.